The summed E-state index contributed by atoms with van der Waals surface area (Å²) in [5.41, 5.74) is 0.269. The molecule has 0 radical (unpaired) electrons. The molecule has 1 aromatic rings. The molecule has 0 aliphatic carbocycles. The van der Waals surface area contributed by atoms with Crippen LogP contribution in [0.2, 0.25) is 0 Å². The topological polar surface area (TPSA) is 94.2 Å². The van der Waals surface area contributed by atoms with Gasteiger partial charge in [0, 0.05) is 32.7 Å². The number of hydrogen-bond acceptors (Lipinski definition) is 5. The Morgan fingerprint density at radius 1 is 1.25 bits per heavy atom. The van der Waals surface area contributed by atoms with Crippen molar-refractivity contribution >= 4 is 11.8 Å². The second-order valence-corrected chi connectivity index (χ2v) is 5.09. The fourth-order valence-electron chi connectivity index (χ4n) is 2.81. The summed E-state index contributed by atoms with van der Waals surface area (Å²) in [4.78, 5) is 28.3. The highest BCUT2D eigenvalue weighted by Crippen LogP contribution is 2.21. The van der Waals surface area contributed by atoms with Crippen molar-refractivity contribution in [1.29, 1.82) is 0 Å². The zero-order valence-corrected chi connectivity index (χ0v) is 11.2. The number of aromatic nitrogens is 3. The van der Waals surface area contributed by atoms with Crippen molar-refractivity contribution in [3.05, 3.63) is 11.9 Å². The van der Waals surface area contributed by atoms with Crippen molar-refractivity contribution in [3.8, 4) is 0 Å². The Balaban J connectivity index is 1.71. The van der Waals surface area contributed by atoms with E-state index in [1.165, 1.54) is 6.20 Å². The summed E-state index contributed by atoms with van der Waals surface area (Å²) in [6.45, 7) is 3.65. The third-order valence-electron chi connectivity index (χ3n) is 3.86. The van der Waals surface area contributed by atoms with Gasteiger partial charge in [0.05, 0.1) is 6.20 Å². The third-order valence-corrected chi connectivity index (χ3v) is 3.86. The Morgan fingerprint density at radius 3 is 2.75 bits per heavy atom. The lowest BCUT2D eigenvalue weighted by Crippen LogP contribution is -2.53. The smallest absolute Gasteiger partial charge is 0.276 e. The van der Waals surface area contributed by atoms with E-state index in [0.29, 0.717) is 19.6 Å². The Bertz CT molecular complexity index is 482. The van der Waals surface area contributed by atoms with Crippen LogP contribution in [-0.2, 0) is 4.79 Å². The first-order valence-corrected chi connectivity index (χ1v) is 6.93. The minimum Gasteiger partial charge on any atom is -0.338 e. The second kappa shape index (κ2) is 5.58. The lowest BCUT2D eigenvalue weighted by molar-refractivity contribution is -0.135. The maximum atomic E-state index is 12.5. The highest BCUT2D eigenvalue weighted by molar-refractivity contribution is 5.96. The lowest BCUT2D eigenvalue weighted by atomic mass is 10.1. The molecule has 1 unspecified atom stereocenters. The Morgan fingerprint density at radius 2 is 2.05 bits per heavy atom. The van der Waals surface area contributed by atoms with Crippen molar-refractivity contribution in [1.82, 2.24) is 30.5 Å². The van der Waals surface area contributed by atoms with Gasteiger partial charge in [0.25, 0.3) is 5.91 Å². The van der Waals surface area contributed by atoms with E-state index < -0.39 is 0 Å². The zero-order chi connectivity index (χ0) is 13.9. The molecule has 2 aliphatic heterocycles. The normalized spacial score (nSPS) is 23.1. The number of nitrogens with zero attached hydrogens (tertiary/aromatic N) is 4. The predicted molar refractivity (Wildman–Crippen MR) is 69.9 cm³/mol. The zero-order valence-electron chi connectivity index (χ0n) is 11.2. The van der Waals surface area contributed by atoms with E-state index in [1.54, 1.807) is 4.90 Å². The Hall–Kier alpha value is -1.96. The van der Waals surface area contributed by atoms with Gasteiger partial charge in [0.2, 0.25) is 5.91 Å². The average molecular weight is 278 g/mol. The molecule has 2 saturated heterocycles. The molecule has 2 amide bonds. The van der Waals surface area contributed by atoms with Crippen LogP contribution in [0.1, 0.15) is 23.3 Å². The lowest BCUT2D eigenvalue weighted by Gasteiger charge is -2.32. The van der Waals surface area contributed by atoms with Crippen molar-refractivity contribution in [2.45, 2.75) is 18.9 Å². The van der Waals surface area contributed by atoms with Crippen LogP contribution < -0.4 is 5.32 Å². The van der Waals surface area contributed by atoms with Crippen LogP contribution in [0.15, 0.2) is 6.20 Å². The van der Waals surface area contributed by atoms with Crippen molar-refractivity contribution in [3.63, 3.8) is 0 Å². The quantitative estimate of drug-likeness (QED) is 0.712. The SMILES string of the molecule is O=C(C1CCCN1C(=O)c1cn[nH]n1)N1CCNCC1. The molecule has 2 N–H and O–H groups in total. The van der Waals surface area contributed by atoms with Gasteiger partial charge in [0.1, 0.15) is 6.04 Å². The van der Waals surface area contributed by atoms with E-state index in [4.69, 9.17) is 0 Å². The maximum Gasteiger partial charge on any atom is 0.276 e. The van der Waals surface area contributed by atoms with Gasteiger partial charge < -0.3 is 15.1 Å². The van der Waals surface area contributed by atoms with Crippen LogP contribution in [0.5, 0.6) is 0 Å². The molecule has 8 heteroatoms. The molecule has 0 aromatic carbocycles. The van der Waals surface area contributed by atoms with Gasteiger partial charge in [-0.25, -0.2) is 0 Å². The van der Waals surface area contributed by atoms with Gasteiger partial charge in [-0.15, -0.1) is 0 Å². The molecular weight excluding hydrogens is 260 g/mol. The largest absolute Gasteiger partial charge is 0.338 e. The summed E-state index contributed by atoms with van der Waals surface area (Å²) in [5.74, 6) is -0.162. The molecule has 1 atom stereocenters. The number of aromatic amines is 1. The highest BCUT2D eigenvalue weighted by atomic mass is 16.2. The Kier molecular flexibility index (Phi) is 3.64. The fraction of sp³-hybridized carbons (Fsp3) is 0.667. The minimum absolute atomic E-state index is 0.0563. The maximum absolute atomic E-state index is 12.5. The number of hydrogen-bond donors (Lipinski definition) is 2. The third kappa shape index (κ3) is 2.38. The number of nitrogens with one attached hydrogen (secondary N) is 2. The van der Waals surface area contributed by atoms with Crippen LogP contribution >= 0.6 is 0 Å². The molecule has 2 fully saturated rings. The molecular formula is C12H18N6O2. The van der Waals surface area contributed by atoms with Crippen LogP contribution in [0.25, 0.3) is 0 Å². The fourth-order valence-corrected chi connectivity index (χ4v) is 2.81. The first-order chi connectivity index (χ1) is 9.77. The van der Waals surface area contributed by atoms with E-state index in [-0.39, 0.29) is 23.6 Å². The number of carbonyl (C=O) groups excluding carboxylic acids is 2. The standard InChI is InChI=1S/C12H18N6O2/c19-11(9-8-14-16-15-9)18-5-1-2-10(18)12(20)17-6-3-13-4-7-17/h8,10,13H,1-7H2,(H,14,15,16). The molecule has 0 spiro atoms. The number of H-pyrrole nitrogens is 1. The predicted octanol–water partition coefficient (Wildman–Crippen LogP) is -1.16. The minimum atomic E-state index is -0.350. The number of carbonyl (C=O) groups is 2. The number of piperazine rings is 1. The molecule has 0 bridgehead atoms. The molecule has 1 aromatic heterocycles. The van der Waals surface area contributed by atoms with Crippen LogP contribution in [-0.4, -0.2) is 75.8 Å². The van der Waals surface area contributed by atoms with Crippen molar-refractivity contribution in [2.75, 3.05) is 32.7 Å². The second-order valence-electron chi connectivity index (χ2n) is 5.09. The van der Waals surface area contributed by atoms with Crippen molar-refractivity contribution < 1.29 is 9.59 Å². The molecule has 20 heavy (non-hydrogen) atoms. The summed E-state index contributed by atoms with van der Waals surface area (Å²) in [5, 5.41) is 13.1. The summed E-state index contributed by atoms with van der Waals surface area (Å²) in [6, 6.07) is -0.350. The molecule has 0 saturated carbocycles. The average Bonchev–Trinajstić information content (AvgIpc) is 3.18. The summed E-state index contributed by atoms with van der Waals surface area (Å²) in [6.07, 6.45) is 2.98. The van der Waals surface area contributed by atoms with Gasteiger partial charge in [-0.1, -0.05) is 0 Å². The first kappa shape index (κ1) is 13.0. The molecule has 8 nitrogen and oxygen atoms in total. The van der Waals surface area contributed by atoms with E-state index in [9.17, 15) is 9.59 Å². The van der Waals surface area contributed by atoms with Crippen molar-refractivity contribution in [2.24, 2.45) is 0 Å². The van der Waals surface area contributed by atoms with Crippen LogP contribution in [0.3, 0.4) is 0 Å². The van der Waals surface area contributed by atoms with Gasteiger partial charge in [-0.3, -0.25) is 9.59 Å². The summed E-state index contributed by atoms with van der Waals surface area (Å²) < 4.78 is 0. The highest BCUT2D eigenvalue weighted by Gasteiger charge is 2.37. The number of rotatable bonds is 2. The molecule has 2 aliphatic rings. The van der Waals surface area contributed by atoms with Gasteiger partial charge in [-0.2, -0.15) is 15.4 Å². The van der Waals surface area contributed by atoms with E-state index in [2.05, 4.69) is 20.7 Å². The first-order valence-electron chi connectivity index (χ1n) is 6.93. The van der Waals surface area contributed by atoms with E-state index in [0.717, 1.165) is 25.9 Å². The molecule has 108 valence electrons. The Labute approximate surface area is 116 Å². The monoisotopic (exact) mass is 278 g/mol. The van der Waals surface area contributed by atoms with Gasteiger partial charge >= 0.3 is 0 Å². The summed E-state index contributed by atoms with van der Waals surface area (Å²) in [7, 11) is 0. The number of amides is 2. The number of likely N-dealkylation sites (tertiary alicyclic amines) is 1. The molecule has 3 heterocycles. The van der Waals surface area contributed by atoms with E-state index in [1.807, 2.05) is 4.90 Å². The van der Waals surface area contributed by atoms with E-state index >= 15 is 0 Å². The van der Waals surface area contributed by atoms with Gasteiger partial charge in [-0.05, 0) is 12.8 Å². The summed E-state index contributed by atoms with van der Waals surface area (Å²) >= 11 is 0. The van der Waals surface area contributed by atoms with Crippen LogP contribution in [0, 0.1) is 0 Å². The van der Waals surface area contributed by atoms with Crippen LogP contribution in [0.4, 0.5) is 0 Å². The van der Waals surface area contributed by atoms with Gasteiger partial charge in [0.15, 0.2) is 5.69 Å². The molecule has 3 rings (SSSR count).